The van der Waals surface area contributed by atoms with Gasteiger partial charge in [0.1, 0.15) is 0 Å². The Bertz CT molecular complexity index is 101. The highest BCUT2D eigenvalue weighted by Crippen LogP contribution is 1.96. The van der Waals surface area contributed by atoms with Crippen molar-refractivity contribution >= 4 is 21.8 Å². The molecule has 0 bridgehead atoms. The molecule has 0 aliphatic heterocycles. The van der Waals surface area contributed by atoms with Crippen molar-refractivity contribution < 1.29 is 3.87 Å². The highest BCUT2D eigenvalue weighted by Gasteiger charge is 1.82. The van der Waals surface area contributed by atoms with E-state index in [1.54, 1.807) is 0 Å². The van der Waals surface area contributed by atoms with Gasteiger partial charge in [-0.3, -0.25) is 0 Å². The molecule has 0 saturated heterocycles. The minimum Gasteiger partial charge on any atom is -0.353 e. The number of nitriles is 1. The Morgan fingerprint density at radius 1 is 2.00 bits per heavy atom. The summed E-state index contributed by atoms with van der Waals surface area (Å²) < 4.78 is 4.85. The van der Waals surface area contributed by atoms with Crippen molar-refractivity contribution in [3.63, 3.8) is 0 Å². The molecule has 0 N–H and O–H groups in total. The molecule has 0 rings (SSSR count). The van der Waals surface area contributed by atoms with E-state index in [9.17, 15) is 0 Å². The van der Waals surface area contributed by atoms with Crippen LogP contribution in [0, 0.1) is 10.7 Å². The maximum atomic E-state index is 7.95. The van der Waals surface area contributed by atoms with Crippen LogP contribution >= 0.6 is 12.0 Å². The summed E-state index contributed by atoms with van der Waals surface area (Å²) in [5.74, 6) is 0. The lowest BCUT2D eigenvalue weighted by molar-refractivity contribution is 0.706. The minimum atomic E-state index is -0.477. The number of allylic oxidation sites excluding steroid dienone is 1. The Balaban J connectivity index is 2.74. The number of nitrogens with zero attached hydrogens (tertiary/aromatic N) is 1. The Morgan fingerprint density at radius 3 is 3.25 bits per heavy atom. The molecule has 0 fully saturated rings. The van der Waals surface area contributed by atoms with Gasteiger partial charge in [-0.1, -0.05) is 6.08 Å². The van der Waals surface area contributed by atoms with Crippen LogP contribution in [-0.2, 0) is 3.87 Å². The first-order valence-corrected chi connectivity index (χ1v) is 4.52. The molecular formula is C4H7NOSSi. The summed E-state index contributed by atoms with van der Waals surface area (Å²) in [6.07, 6.45) is 1.81. The van der Waals surface area contributed by atoms with Gasteiger partial charge < -0.3 is 3.87 Å². The second-order valence-corrected chi connectivity index (χ2v) is 3.35. The van der Waals surface area contributed by atoms with E-state index in [0.717, 1.165) is 18.1 Å². The second kappa shape index (κ2) is 6.76. The zero-order chi connectivity index (χ0) is 6.24. The van der Waals surface area contributed by atoms with Gasteiger partial charge in [-0.2, -0.15) is 5.26 Å². The van der Waals surface area contributed by atoms with Crippen molar-refractivity contribution in [3.05, 3.63) is 12.7 Å². The Labute approximate surface area is 55.7 Å². The van der Waals surface area contributed by atoms with E-state index in [4.69, 9.17) is 9.13 Å². The summed E-state index contributed by atoms with van der Waals surface area (Å²) in [6, 6.07) is 0.939. The maximum Gasteiger partial charge on any atom is 0.185 e. The fourth-order valence-electron chi connectivity index (χ4n) is 0.199. The smallest absolute Gasteiger partial charge is 0.185 e. The van der Waals surface area contributed by atoms with E-state index in [1.165, 1.54) is 0 Å². The fourth-order valence-corrected chi connectivity index (χ4v) is 1.30. The molecule has 0 aromatic heterocycles. The summed E-state index contributed by atoms with van der Waals surface area (Å²) in [4.78, 5) is 0. The Kier molecular flexibility index (Phi) is 6.55. The van der Waals surface area contributed by atoms with Gasteiger partial charge in [0.2, 0.25) is 0 Å². The van der Waals surface area contributed by atoms with Crippen molar-refractivity contribution in [2.75, 3.05) is 0 Å². The van der Waals surface area contributed by atoms with Gasteiger partial charge in [0, 0.05) is 0 Å². The highest BCUT2D eigenvalue weighted by atomic mass is 32.2. The normalized spacial score (nSPS) is 9.38. The predicted molar refractivity (Wildman–Crippen MR) is 37.8 cm³/mol. The molecule has 44 valence electrons. The fraction of sp³-hybridized carbons (Fsp3) is 0.250. The van der Waals surface area contributed by atoms with Crippen molar-refractivity contribution in [1.29, 1.82) is 5.26 Å². The zero-order valence-electron chi connectivity index (χ0n) is 4.46. The molecule has 0 atom stereocenters. The summed E-state index contributed by atoms with van der Waals surface area (Å²) in [5, 5.41) is 9.77. The van der Waals surface area contributed by atoms with Gasteiger partial charge in [-0.25, -0.2) is 0 Å². The van der Waals surface area contributed by atoms with Crippen LogP contribution in [0.4, 0.5) is 0 Å². The molecule has 0 saturated carbocycles. The number of thiocyanates is 1. The monoisotopic (exact) mass is 145 g/mol. The highest BCUT2D eigenvalue weighted by molar-refractivity contribution is 7.99. The molecule has 0 aromatic rings. The average molecular weight is 145 g/mol. The Hall–Kier alpha value is -0.243. The third-order valence-corrected chi connectivity index (χ3v) is 2.36. The summed E-state index contributed by atoms with van der Waals surface area (Å²) in [6.45, 7) is 3.52. The number of hydrogen-bond acceptors (Lipinski definition) is 3. The SMILES string of the molecule is C=CC[SiH2]OSC#N. The van der Waals surface area contributed by atoms with Crippen LogP contribution < -0.4 is 0 Å². The van der Waals surface area contributed by atoms with Gasteiger partial charge in [0.15, 0.2) is 15.2 Å². The predicted octanol–water partition coefficient (Wildman–Crippen LogP) is 0.820. The standard InChI is InChI=1S/C4H7NOSSi/c1-2-3-8-6-7-4-5/h2H,1,3,8H2. The quantitative estimate of drug-likeness (QED) is 0.193. The zero-order valence-corrected chi connectivity index (χ0v) is 6.69. The average Bonchev–Trinajstić information content (AvgIpc) is 1.81. The van der Waals surface area contributed by atoms with E-state index in [0.29, 0.717) is 0 Å². The van der Waals surface area contributed by atoms with Crippen molar-refractivity contribution in [2.24, 2.45) is 0 Å². The van der Waals surface area contributed by atoms with Gasteiger partial charge in [0.25, 0.3) is 0 Å². The third-order valence-electron chi connectivity index (χ3n) is 0.502. The number of hydrogen-bond donors (Lipinski definition) is 0. The summed E-state index contributed by atoms with van der Waals surface area (Å²) >= 11 is 0.868. The molecule has 0 amide bonds. The first-order chi connectivity index (χ1) is 3.91. The molecule has 0 radical (unpaired) electrons. The molecule has 0 aliphatic carbocycles. The molecule has 0 heterocycles. The first-order valence-electron chi connectivity index (χ1n) is 2.20. The first kappa shape index (κ1) is 7.76. The van der Waals surface area contributed by atoms with Crippen LogP contribution in [0.2, 0.25) is 6.04 Å². The van der Waals surface area contributed by atoms with Crippen molar-refractivity contribution in [1.82, 2.24) is 0 Å². The molecule has 0 unspecified atom stereocenters. The molecule has 0 aliphatic rings. The van der Waals surface area contributed by atoms with Crippen LogP contribution in [-0.4, -0.2) is 9.76 Å². The molecule has 0 spiro atoms. The van der Waals surface area contributed by atoms with E-state index in [2.05, 4.69) is 6.58 Å². The Morgan fingerprint density at radius 2 is 2.75 bits per heavy atom. The number of rotatable bonds is 4. The maximum absolute atomic E-state index is 7.95. The van der Waals surface area contributed by atoms with E-state index >= 15 is 0 Å². The largest absolute Gasteiger partial charge is 0.353 e. The lowest BCUT2D eigenvalue weighted by Crippen LogP contribution is -1.85. The summed E-state index contributed by atoms with van der Waals surface area (Å²) in [7, 11) is -0.477. The topological polar surface area (TPSA) is 33.0 Å². The van der Waals surface area contributed by atoms with Gasteiger partial charge >= 0.3 is 0 Å². The van der Waals surface area contributed by atoms with Crippen LogP contribution in [0.15, 0.2) is 12.7 Å². The van der Waals surface area contributed by atoms with Gasteiger partial charge in [-0.05, 0) is 6.04 Å². The van der Waals surface area contributed by atoms with E-state index in [1.807, 2.05) is 11.5 Å². The van der Waals surface area contributed by atoms with Gasteiger partial charge in [0.05, 0.1) is 12.0 Å². The van der Waals surface area contributed by atoms with E-state index < -0.39 is 9.76 Å². The molecular weight excluding hydrogens is 138 g/mol. The van der Waals surface area contributed by atoms with Gasteiger partial charge in [-0.15, -0.1) is 6.58 Å². The van der Waals surface area contributed by atoms with E-state index in [-0.39, 0.29) is 0 Å². The molecule has 4 heteroatoms. The molecule has 8 heavy (non-hydrogen) atoms. The van der Waals surface area contributed by atoms with Crippen LogP contribution in [0.5, 0.6) is 0 Å². The van der Waals surface area contributed by atoms with Crippen molar-refractivity contribution in [3.8, 4) is 5.40 Å². The molecule has 0 aromatic carbocycles. The lowest BCUT2D eigenvalue weighted by Gasteiger charge is -1.87. The second-order valence-electron chi connectivity index (χ2n) is 1.07. The lowest BCUT2D eigenvalue weighted by atomic mass is 10.8. The van der Waals surface area contributed by atoms with Crippen LogP contribution in [0.1, 0.15) is 0 Å². The third kappa shape index (κ3) is 5.76. The summed E-state index contributed by atoms with van der Waals surface area (Å²) in [5.41, 5.74) is 0. The van der Waals surface area contributed by atoms with Crippen LogP contribution in [0.3, 0.4) is 0 Å². The minimum absolute atomic E-state index is 0.477. The molecule has 2 nitrogen and oxygen atoms in total. The van der Waals surface area contributed by atoms with Crippen molar-refractivity contribution in [2.45, 2.75) is 6.04 Å². The van der Waals surface area contributed by atoms with Crippen LogP contribution in [0.25, 0.3) is 0 Å².